The summed E-state index contributed by atoms with van der Waals surface area (Å²) in [5, 5.41) is 6.07. The number of carbonyl (C=O) groups is 1. The van der Waals surface area contributed by atoms with Gasteiger partial charge in [0.1, 0.15) is 0 Å². The summed E-state index contributed by atoms with van der Waals surface area (Å²) in [6.45, 7) is 5.60. The molecular formula is C15H24N2O. The van der Waals surface area contributed by atoms with Crippen LogP contribution in [-0.4, -0.2) is 26.0 Å². The summed E-state index contributed by atoms with van der Waals surface area (Å²) in [6, 6.07) is 8.30. The molecule has 0 bridgehead atoms. The van der Waals surface area contributed by atoms with Crippen molar-refractivity contribution in [3.63, 3.8) is 0 Å². The van der Waals surface area contributed by atoms with Crippen molar-refractivity contribution >= 4 is 5.91 Å². The van der Waals surface area contributed by atoms with Crippen LogP contribution in [0.2, 0.25) is 0 Å². The Morgan fingerprint density at radius 1 is 1.33 bits per heavy atom. The monoisotopic (exact) mass is 248 g/mol. The zero-order valence-corrected chi connectivity index (χ0v) is 11.6. The van der Waals surface area contributed by atoms with E-state index in [0.29, 0.717) is 6.54 Å². The van der Waals surface area contributed by atoms with E-state index >= 15 is 0 Å². The Hall–Kier alpha value is -1.35. The molecule has 3 heteroatoms. The van der Waals surface area contributed by atoms with Gasteiger partial charge in [0.05, 0.1) is 5.92 Å². The zero-order valence-electron chi connectivity index (χ0n) is 11.6. The van der Waals surface area contributed by atoms with Crippen LogP contribution in [0.15, 0.2) is 24.3 Å². The van der Waals surface area contributed by atoms with Gasteiger partial charge in [0, 0.05) is 13.1 Å². The van der Waals surface area contributed by atoms with Crippen LogP contribution < -0.4 is 10.6 Å². The van der Waals surface area contributed by atoms with Gasteiger partial charge >= 0.3 is 0 Å². The summed E-state index contributed by atoms with van der Waals surface area (Å²) in [4.78, 5) is 11.9. The summed E-state index contributed by atoms with van der Waals surface area (Å²) in [7, 11) is 1.88. The summed E-state index contributed by atoms with van der Waals surface area (Å²) in [5.74, 6) is 0.229. The van der Waals surface area contributed by atoms with Crippen molar-refractivity contribution in [3.8, 4) is 0 Å². The molecule has 0 aliphatic heterocycles. The first-order valence-corrected chi connectivity index (χ1v) is 6.65. The third-order valence-electron chi connectivity index (χ3n) is 3.27. The van der Waals surface area contributed by atoms with Crippen LogP contribution in [0.25, 0.3) is 0 Å². The highest BCUT2D eigenvalue weighted by Gasteiger charge is 2.14. The Morgan fingerprint density at radius 3 is 2.67 bits per heavy atom. The highest BCUT2D eigenvalue weighted by Crippen LogP contribution is 2.07. The second-order valence-corrected chi connectivity index (χ2v) is 4.63. The third kappa shape index (κ3) is 4.49. The van der Waals surface area contributed by atoms with Crippen molar-refractivity contribution < 1.29 is 4.79 Å². The molecule has 0 heterocycles. The zero-order chi connectivity index (χ0) is 13.4. The molecule has 1 aromatic carbocycles. The van der Waals surface area contributed by atoms with Crippen LogP contribution in [0.3, 0.4) is 0 Å². The van der Waals surface area contributed by atoms with E-state index in [0.717, 1.165) is 19.4 Å². The van der Waals surface area contributed by atoms with Crippen molar-refractivity contribution in [2.24, 2.45) is 5.92 Å². The van der Waals surface area contributed by atoms with Gasteiger partial charge in [-0.05, 0) is 37.9 Å². The molecule has 0 aromatic heterocycles. The lowest BCUT2D eigenvalue weighted by atomic mass is 10.0. The summed E-state index contributed by atoms with van der Waals surface area (Å²) in [6.07, 6.45) is 1.77. The molecule has 0 saturated carbocycles. The molecule has 100 valence electrons. The predicted molar refractivity (Wildman–Crippen MR) is 75.6 cm³/mol. The van der Waals surface area contributed by atoms with Gasteiger partial charge in [-0.3, -0.25) is 4.79 Å². The number of hydrogen-bond donors (Lipinski definition) is 2. The van der Waals surface area contributed by atoms with E-state index in [1.54, 1.807) is 0 Å². The van der Waals surface area contributed by atoms with Crippen LogP contribution in [0.1, 0.15) is 24.5 Å². The van der Waals surface area contributed by atoms with Gasteiger partial charge in [0.15, 0.2) is 0 Å². The maximum absolute atomic E-state index is 11.9. The van der Waals surface area contributed by atoms with Crippen molar-refractivity contribution in [3.05, 3.63) is 35.4 Å². The topological polar surface area (TPSA) is 41.1 Å². The van der Waals surface area contributed by atoms with Gasteiger partial charge < -0.3 is 10.6 Å². The van der Waals surface area contributed by atoms with Gasteiger partial charge in [0.25, 0.3) is 0 Å². The summed E-state index contributed by atoms with van der Waals surface area (Å²) in [5.41, 5.74) is 2.59. The predicted octanol–water partition coefficient (Wildman–Crippen LogP) is 1.90. The molecule has 1 rings (SSSR count). The van der Waals surface area contributed by atoms with Crippen molar-refractivity contribution in [1.29, 1.82) is 0 Å². The fourth-order valence-electron chi connectivity index (χ4n) is 2.02. The smallest absolute Gasteiger partial charge is 0.224 e. The van der Waals surface area contributed by atoms with Crippen LogP contribution in [-0.2, 0) is 11.2 Å². The van der Waals surface area contributed by atoms with Crippen molar-refractivity contribution in [1.82, 2.24) is 10.6 Å². The molecule has 1 aromatic rings. The Labute approximate surface area is 110 Å². The first kappa shape index (κ1) is 14.7. The molecule has 1 unspecified atom stereocenters. The number of aryl methyl sites for hydroxylation is 1. The minimum absolute atomic E-state index is 0.0758. The largest absolute Gasteiger partial charge is 0.355 e. The van der Waals surface area contributed by atoms with Gasteiger partial charge in [-0.25, -0.2) is 0 Å². The Kier molecular flexibility index (Phi) is 6.44. The molecule has 0 spiro atoms. The van der Waals surface area contributed by atoms with Gasteiger partial charge in [-0.1, -0.05) is 31.2 Å². The van der Waals surface area contributed by atoms with E-state index in [1.165, 1.54) is 11.1 Å². The van der Waals surface area contributed by atoms with Crippen LogP contribution in [0.4, 0.5) is 0 Å². The first-order chi connectivity index (χ1) is 8.69. The normalized spacial score (nSPS) is 12.2. The molecule has 0 aliphatic rings. The maximum Gasteiger partial charge on any atom is 0.224 e. The standard InChI is InChI=1S/C15H24N2O/c1-4-13(11-16-3)15(18)17-10-9-14-8-6-5-7-12(14)2/h5-8,13,16H,4,9-11H2,1-3H3,(H,17,18). The van der Waals surface area contributed by atoms with Crippen LogP contribution in [0.5, 0.6) is 0 Å². The number of nitrogens with one attached hydrogen (secondary N) is 2. The molecule has 0 aliphatic carbocycles. The third-order valence-corrected chi connectivity index (χ3v) is 3.27. The lowest BCUT2D eigenvalue weighted by molar-refractivity contribution is -0.124. The molecule has 2 N–H and O–H groups in total. The molecular weight excluding hydrogens is 224 g/mol. The molecule has 0 radical (unpaired) electrons. The Balaban J connectivity index is 2.37. The van der Waals surface area contributed by atoms with Crippen molar-refractivity contribution in [2.75, 3.05) is 20.1 Å². The molecule has 1 atom stereocenters. The molecule has 18 heavy (non-hydrogen) atoms. The second-order valence-electron chi connectivity index (χ2n) is 4.63. The lowest BCUT2D eigenvalue weighted by Crippen LogP contribution is -2.36. The lowest BCUT2D eigenvalue weighted by Gasteiger charge is -2.14. The van der Waals surface area contributed by atoms with E-state index in [9.17, 15) is 4.79 Å². The fourth-order valence-corrected chi connectivity index (χ4v) is 2.02. The van der Waals surface area contributed by atoms with E-state index in [2.05, 4.69) is 29.7 Å². The SMILES string of the molecule is CCC(CNC)C(=O)NCCc1ccccc1C. The van der Waals surface area contributed by atoms with E-state index in [4.69, 9.17) is 0 Å². The highest BCUT2D eigenvalue weighted by molar-refractivity contribution is 5.78. The van der Waals surface area contributed by atoms with E-state index < -0.39 is 0 Å². The first-order valence-electron chi connectivity index (χ1n) is 6.65. The molecule has 0 saturated heterocycles. The van der Waals surface area contributed by atoms with Gasteiger partial charge in [0.2, 0.25) is 5.91 Å². The van der Waals surface area contributed by atoms with Gasteiger partial charge in [-0.2, -0.15) is 0 Å². The summed E-state index contributed by atoms with van der Waals surface area (Å²) < 4.78 is 0. The minimum atomic E-state index is 0.0758. The molecule has 1 amide bonds. The molecule has 0 fully saturated rings. The number of amides is 1. The summed E-state index contributed by atoms with van der Waals surface area (Å²) >= 11 is 0. The van der Waals surface area contributed by atoms with Crippen molar-refractivity contribution in [2.45, 2.75) is 26.7 Å². The fraction of sp³-hybridized carbons (Fsp3) is 0.533. The highest BCUT2D eigenvalue weighted by atomic mass is 16.1. The number of hydrogen-bond acceptors (Lipinski definition) is 2. The minimum Gasteiger partial charge on any atom is -0.355 e. The maximum atomic E-state index is 11.9. The average Bonchev–Trinajstić information content (AvgIpc) is 2.38. The van der Waals surface area contributed by atoms with E-state index in [-0.39, 0.29) is 11.8 Å². The number of rotatable bonds is 7. The average molecular weight is 248 g/mol. The van der Waals surface area contributed by atoms with Crippen LogP contribution >= 0.6 is 0 Å². The number of carbonyl (C=O) groups excluding carboxylic acids is 1. The Morgan fingerprint density at radius 2 is 2.06 bits per heavy atom. The van der Waals surface area contributed by atoms with E-state index in [1.807, 2.05) is 26.1 Å². The Bertz CT molecular complexity index is 377. The van der Waals surface area contributed by atoms with Crippen LogP contribution in [0, 0.1) is 12.8 Å². The number of benzene rings is 1. The molecule has 3 nitrogen and oxygen atoms in total. The second kappa shape index (κ2) is 7.88. The quantitative estimate of drug-likeness (QED) is 0.774. The van der Waals surface area contributed by atoms with Gasteiger partial charge in [-0.15, -0.1) is 0 Å².